The van der Waals surface area contributed by atoms with E-state index in [1.165, 1.54) is 6.07 Å². The predicted octanol–water partition coefficient (Wildman–Crippen LogP) is 2.41. The summed E-state index contributed by atoms with van der Waals surface area (Å²) < 4.78 is 38.7. The number of benzene rings is 1. The Hall–Kier alpha value is -2.09. The lowest BCUT2D eigenvalue weighted by molar-refractivity contribution is 0.0284. The first-order valence-electron chi connectivity index (χ1n) is 8.21. The van der Waals surface area contributed by atoms with Gasteiger partial charge in [0.15, 0.2) is 0 Å². The van der Waals surface area contributed by atoms with Crippen molar-refractivity contribution in [1.82, 2.24) is 4.90 Å². The molecule has 7 nitrogen and oxygen atoms in total. The van der Waals surface area contributed by atoms with Crippen LogP contribution in [0.2, 0.25) is 0 Å². The van der Waals surface area contributed by atoms with Crippen molar-refractivity contribution in [3.8, 4) is 0 Å². The number of amides is 1. The van der Waals surface area contributed by atoms with Gasteiger partial charge in [0.1, 0.15) is 10.5 Å². The Balaban J connectivity index is 1.58. The SMILES string of the molecule is CC(C)(C)OC(=O)N1CCC(COC2=NS(=O)(=O)c3ccccc32)C1. The van der Waals surface area contributed by atoms with E-state index in [0.717, 1.165) is 6.42 Å². The van der Waals surface area contributed by atoms with Gasteiger partial charge in [0.2, 0.25) is 5.90 Å². The third kappa shape index (κ3) is 3.95. The van der Waals surface area contributed by atoms with Crippen LogP contribution in [0.4, 0.5) is 4.79 Å². The number of ether oxygens (including phenoxy) is 2. The van der Waals surface area contributed by atoms with Crippen molar-refractivity contribution < 1.29 is 22.7 Å². The molecule has 25 heavy (non-hydrogen) atoms. The molecular weight excluding hydrogens is 344 g/mol. The van der Waals surface area contributed by atoms with Crippen LogP contribution < -0.4 is 0 Å². The smallest absolute Gasteiger partial charge is 0.410 e. The van der Waals surface area contributed by atoms with E-state index in [0.29, 0.717) is 25.3 Å². The minimum Gasteiger partial charge on any atom is -0.476 e. The second-order valence-electron chi connectivity index (χ2n) is 7.26. The number of sulfonamides is 1. The monoisotopic (exact) mass is 366 g/mol. The fraction of sp³-hybridized carbons (Fsp3) is 0.529. The van der Waals surface area contributed by atoms with Gasteiger partial charge in [0, 0.05) is 19.0 Å². The number of hydrogen-bond acceptors (Lipinski definition) is 5. The summed E-state index contributed by atoms with van der Waals surface area (Å²) in [6.07, 6.45) is 0.446. The molecule has 0 aromatic heterocycles. The molecule has 1 saturated heterocycles. The van der Waals surface area contributed by atoms with Crippen molar-refractivity contribution in [1.29, 1.82) is 0 Å². The minimum atomic E-state index is -3.67. The van der Waals surface area contributed by atoms with Crippen LogP contribution in [0.25, 0.3) is 0 Å². The summed E-state index contributed by atoms with van der Waals surface area (Å²) >= 11 is 0. The Kier molecular flexibility index (Phi) is 4.49. The predicted molar refractivity (Wildman–Crippen MR) is 92.0 cm³/mol. The van der Waals surface area contributed by atoms with Gasteiger partial charge in [-0.15, -0.1) is 4.40 Å². The number of likely N-dealkylation sites (tertiary alicyclic amines) is 1. The zero-order valence-corrected chi connectivity index (χ0v) is 15.4. The molecule has 136 valence electrons. The number of hydrogen-bond donors (Lipinski definition) is 0. The summed E-state index contributed by atoms with van der Waals surface area (Å²) in [5.74, 6) is 0.247. The number of rotatable bonds is 2. The number of carbonyl (C=O) groups excluding carboxylic acids is 1. The fourth-order valence-electron chi connectivity index (χ4n) is 2.84. The van der Waals surface area contributed by atoms with Crippen LogP contribution in [0.15, 0.2) is 33.6 Å². The molecule has 0 N–H and O–H groups in total. The van der Waals surface area contributed by atoms with E-state index in [4.69, 9.17) is 9.47 Å². The molecule has 1 atom stereocenters. The Morgan fingerprint density at radius 2 is 2.04 bits per heavy atom. The first-order chi connectivity index (χ1) is 11.7. The highest BCUT2D eigenvalue weighted by molar-refractivity contribution is 7.90. The second-order valence-corrected chi connectivity index (χ2v) is 8.83. The zero-order valence-electron chi connectivity index (χ0n) is 14.6. The van der Waals surface area contributed by atoms with Crippen molar-refractivity contribution in [3.05, 3.63) is 29.8 Å². The average Bonchev–Trinajstić information content (AvgIpc) is 3.07. The molecule has 1 fully saturated rings. The maximum Gasteiger partial charge on any atom is 0.410 e. The van der Waals surface area contributed by atoms with E-state index in [-0.39, 0.29) is 22.8 Å². The summed E-state index contributed by atoms with van der Waals surface area (Å²) in [6, 6.07) is 6.60. The number of fused-ring (bicyclic) bond motifs is 1. The van der Waals surface area contributed by atoms with E-state index in [9.17, 15) is 13.2 Å². The highest BCUT2D eigenvalue weighted by Crippen LogP contribution is 2.27. The Morgan fingerprint density at radius 1 is 1.32 bits per heavy atom. The molecule has 1 amide bonds. The van der Waals surface area contributed by atoms with E-state index >= 15 is 0 Å². The summed E-state index contributed by atoms with van der Waals surface area (Å²) in [4.78, 5) is 13.9. The number of carbonyl (C=O) groups is 1. The molecule has 0 spiro atoms. The first kappa shape index (κ1) is 17.7. The van der Waals surface area contributed by atoms with Gasteiger partial charge in [-0.05, 0) is 39.3 Å². The van der Waals surface area contributed by atoms with Crippen LogP contribution in [0, 0.1) is 5.92 Å². The van der Waals surface area contributed by atoms with Crippen molar-refractivity contribution in [2.45, 2.75) is 37.7 Å². The van der Waals surface area contributed by atoms with Crippen LogP contribution in [0.3, 0.4) is 0 Å². The van der Waals surface area contributed by atoms with Crippen molar-refractivity contribution in [2.75, 3.05) is 19.7 Å². The molecule has 2 aliphatic heterocycles. The summed E-state index contributed by atoms with van der Waals surface area (Å²) in [5, 5.41) is 0. The molecule has 0 saturated carbocycles. The summed E-state index contributed by atoms with van der Waals surface area (Å²) in [5.41, 5.74) is -0.0352. The first-order valence-corrected chi connectivity index (χ1v) is 9.65. The van der Waals surface area contributed by atoms with Gasteiger partial charge < -0.3 is 14.4 Å². The maximum absolute atomic E-state index is 12.1. The van der Waals surface area contributed by atoms with Gasteiger partial charge in [-0.25, -0.2) is 4.79 Å². The van der Waals surface area contributed by atoms with Crippen LogP contribution >= 0.6 is 0 Å². The molecule has 1 aromatic carbocycles. The van der Waals surface area contributed by atoms with Crippen molar-refractivity contribution in [2.24, 2.45) is 10.3 Å². The van der Waals surface area contributed by atoms with Gasteiger partial charge in [-0.1, -0.05) is 12.1 Å². The molecule has 2 heterocycles. The normalized spacial score (nSPS) is 21.6. The molecule has 1 unspecified atom stereocenters. The molecule has 3 rings (SSSR count). The van der Waals surface area contributed by atoms with E-state index in [1.54, 1.807) is 23.1 Å². The highest BCUT2D eigenvalue weighted by Gasteiger charge is 2.33. The topological polar surface area (TPSA) is 85.3 Å². The largest absolute Gasteiger partial charge is 0.476 e. The summed E-state index contributed by atoms with van der Waals surface area (Å²) in [6.45, 7) is 6.93. The zero-order chi connectivity index (χ0) is 18.2. The van der Waals surface area contributed by atoms with E-state index in [1.807, 2.05) is 20.8 Å². The molecule has 1 aromatic rings. The van der Waals surface area contributed by atoms with Gasteiger partial charge >= 0.3 is 6.09 Å². The van der Waals surface area contributed by atoms with Gasteiger partial charge in [0.25, 0.3) is 10.0 Å². The third-order valence-corrected chi connectivity index (χ3v) is 5.31. The van der Waals surface area contributed by atoms with Gasteiger partial charge in [-0.2, -0.15) is 8.42 Å². The lowest BCUT2D eigenvalue weighted by atomic mass is 10.1. The quantitative estimate of drug-likeness (QED) is 0.802. The van der Waals surface area contributed by atoms with Crippen LogP contribution in [0.1, 0.15) is 32.8 Å². The maximum atomic E-state index is 12.1. The van der Waals surface area contributed by atoms with E-state index < -0.39 is 15.6 Å². The standard InChI is InChI=1S/C17H22N2O5S/c1-17(2,3)24-16(20)19-9-8-12(10-19)11-23-15-13-6-4-5-7-14(13)25(21,22)18-15/h4-7,12H,8-11H2,1-3H3. The molecule has 0 aliphatic carbocycles. The molecule has 0 bridgehead atoms. The average molecular weight is 366 g/mol. The fourth-order valence-corrected chi connectivity index (χ4v) is 3.99. The molecule has 8 heteroatoms. The molecular formula is C17H22N2O5S. The third-order valence-electron chi connectivity index (χ3n) is 3.99. The Labute approximate surface area is 147 Å². The number of nitrogens with zero attached hydrogens (tertiary/aromatic N) is 2. The van der Waals surface area contributed by atoms with Gasteiger partial charge in [0.05, 0.1) is 12.2 Å². The molecule has 0 radical (unpaired) electrons. The van der Waals surface area contributed by atoms with Crippen molar-refractivity contribution >= 4 is 22.0 Å². The van der Waals surface area contributed by atoms with E-state index in [2.05, 4.69) is 4.40 Å². The van der Waals surface area contributed by atoms with Crippen LogP contribution in [0.5, 0.6) is 0 Å². The van der Waals surface area contributed by atoms with Gasteiger partial charge in [-0.3, -0.25) is 0 Å². The Bertz CT molecular complexity index is 811. The molecule has 2 aliphatic rings. The lowest BCUT2D eigenvalue weighted by Crippen LogP contribution is -2.35. The highest BCUT2D eigenvalue weighted by atomic mass is 32.2. The van der Waals surface area contributed by atoms with Crippen LogP contribution in [-0.2, 0) is 19.5 Å². The Morgan fingerprint density at radius 3 is 2.76 bits per heavy atom. The van der Waals surface area contributed by atoms with Crippen molar-refractivity contribution in [3.63, 3.8) is 0 Å². The minimum absolute atomic E-state index is 0.116. The second kappa shape index (κ2) is 6.33. The summed E-state index contributed by atoms with van der Waals surface area (Å²) in [7, 11) is -3.67. The van der Waals surface area contributed by atoms with Crippen LogP contribution in [-0.4, -0.2) is 50.6 Å². The lowest BCUT2D eigenvalue weighted by Gasteiger charge is -2.24.